The van der Waals surface area contributed by atoms with Gasteiger partial charge < -0.3 is 15.4 Å². The van der Waals surface area contributed by atoms with Gasteiger partial charge >= 0.3 is 0 Å². The van der Waals surface area contributed by atoms with Gasteiger partial charge in [-0.1, -0.05) is 11.6 Å². The van der Waals surface area contributed by atoms with E-state index in [1.54, 1.807) is 18.2 Å². The molecule has 0 radical (unpaired) electrons. The Kier molecular flexibility index (Phi) is 4.99. The highest BCUT2D eigenvalue weighted by Gasteiger charge is 2.16. The van der Waals surface area contributed by atoms with Gasteiger partial charge in [-0.05, 0) is 30.3 Å². The van der Waals surface area contributed by atoms with Gasteiger partial charge in [0.2, 0.25) is 11.8 Å². The standard InChI is InChI=1S/C19H15ClN6O2S/c1-9(27)24-10-3-4-11(20)14(7-10)25-18-15-12(22-8-23-18)5-6-13-16(15)29-19(26-13)17(21)28-2/h3-8,21H,1-2H3,(H,24,27)(H,22,23,25). The molecular formula is C19H15ClN6O2S. The van der Waals surface area contributed by atoms with Crippen LogP contribution in [0, 0.1) is 5.41 Å². The molecule has 8 nitrogen and oxygen atoms in total. The van der Waals surface area contributed by atoms with E-state index < -0.39 is 0 Å². The number of halogens is 1. The molecule has 4 rings (SSSR count). The molecule has 0 atom stereocenters. The molecule has 2 aromatic heterocycles. The van der Waals surface area contributed by atoms with Crippen molar-refractivity contribution in [2.24, 2.45) is 0 Å². The van der Waals surface area contributed by atoms with Crippen LogP contribution in [0.1, 0.15) is 11.9 Å². The average Bonchev–Trinajstić information content (AvgIpc) is 3.14. The fraction of sp³-hybridized carbons (Fsp3) is 0.105. The van der Waals surface area contributed by atoms with E-state index in [1.165, 1.54) is 31.7 Å². The first-order chi connectivity index (χ1) is 14.0. The fourth-order valence-electron chi connectivity index (χ4n) is 2.84. The third-order valence-electron chi connectivity index (χ3n) is 4.09. The molecule has 4 aromatic rings. The molecule has 1 amide bonds. The van der Waals surface area contributed by atoms with Crippen molar-refractivity contribution in [2.45, 2.75) is 6.92 Å². The van der Waals surface area contributed by atoms with E-state index in [0.29, 0.717) is 27.2 Å². The molecule has 0 fully saturated rings. The Morgan fingerprint density at radius 3 is 2.76 bits per heavy atom. The Bertz CT molecular complexity index is 1270. The van der Waals surface area contributed by atoms with Gasteiger partial charge in [0, 0.05) is 12.6 Å². The van der Waals surface area contributed by atoms with Crippen molar-refractivity contribution >= 4 is 73.1 Å². The number of ether oxygens (including phenoxy) is 1. The zero-order chi connectivity index (χ0) is 20.5. The van der Waals surface area contributed by atoms with Gasteiger partial charge in [-0.25, -0.2) is 15.0 Å². The maximum absolute atomic E-state index is 11.4. The van der Waals surface area contributed by atoms with Crippen LogP contribution in [-0.2, 0) is 9.53 Å². The van der Waals surface area contributed by atoms with E-state index in [-0.39, 0.29) is 11.8 Å². The Morgan fingerprint density at radius 1 is 1.21 bits per heavy atom. The second-order valence-electron chi connectivity index (χ2n) is 6.08. The summed E-state index contributed by atoms with van der Waals surface area (Å²) in [5, 5.41) is 15.6. The van der Waals surface area contributed by atoms with Gasteiger partial charge in [0.1, 0.15) is 12.1 Å². The molecule has 0 aliphatic rings. The Labute approximate surface area is 174 Å². The molecule has 0 aliphatic heterocycles. The molecular weight excluding hydrogens is 412 g/mol. The third kappa shape index (κ3) is 3.69. The topological polar surface area (TPSA) is 113 Å². The van der Waals surface area contributed by atoms with E-state index in [0.717, 1.165) is 21.1 Å². The number of hydrogen-bond donors (Lipinski definition) is 3. The Hall–Kier alpha value is -3.30. The van der Waals surface area contributed by atoms with Crippen molar-refractivity contribution < 1.29 is 9.53 Å². The van der Waals surface area contributed by atoms with Crippen molar-refractivity contribution in [1.82, 2.24) is 15.0 Å². The number of carbonyl (C=O) groups is 1. The predicted octanol–water partition coefficient (Wildman–Crippen LogP) is 4.57. The molecule has 0 spiro atoms. The minimum Gasteiger partial charge on any atom is -0.479 e. The molecule has 29 heavy (non-hydrogen) atoms. The second kappa shape index (κ2) is 7.61. The Balaban J connectivity index is 1.85. The van der Waals surface area contributed by atoms with Crippen LogP contribution in [0.4, 0.5) is 17.2 Å². The first-order valence-electron chi connectivity index (χ1n) is 8.47. The lowest BCUT2D eigenvalue weighted by atomic mass is 10.2. The van der Waals surface area contributed by atoms with Gasteiger partial charge in [-0.15, -0.1) is 11.3 Å². The number of hydrogen-bond acceptors (Lipinski definition) is 8. The number of methoxy groups -OCH3 is 1. The minimum atomic E-state index is -0.176. The molecule has 2 aromatic carbocycles. The van der Waals surface area contributed by atoms with Crippen LogP contribution < -0.4 is 10.6 Å². The van der Waals surface area contributed by atoms with Crippen LogP contribution in [-0.4, -0.2) is 33.9 Å². The number of aromatic nitrogens is 3. The first-order valence-corrected chi connectivity index (χ1v) is 9.67. The van der Waals surface area contributed by atoms with Gasteiger partial charge in [-0.2, -0.15) is 0 Å². The summed E-state index contributed by atoms with van der Waals surface area (Å²) in [4.78, 5) is 24.5. The van der Waals surface area contributed by atoms with Crippen molar-refractivity contribution in [1.29, 1.82) is 5.41 Å². The smallest absolute Gasteiger partial charge is 0.242 e. The molecule has 3 N–H and O–H groups in total. The number of thiazole rings is 1. The van der Waals surface area contributed by atoms with E-state index >= 15 is 0 Å². The molecule has 0 saturated carbocycles. The molecule has 0 unspecified atom stereocenters. The van der Waals surface area contributed by atoms with Gasteiger partial charge in [-0.3, -0.25) is 10.2 Å². The lowest BCUT2D eigenvalue weighted by molar-refractivity contribution is -0.114. The maximum atomic E-state index is 11.4. The number of nitrogens with zero attached hydrogens (tertiary/aromatic N) is 3. The van der Waals surface area contributed by atoms with Crippen LogP contribution in [0.5, 0.6) is 0 Å². The van der Waals surface area contributed by atoms with Crippen LogP contribution in [0.25, 0.3) is 21.1 Å². The largest absolute Gasteiger partial charge is 0.479 e. The summed E-state index contributed by atoms with van der Waals surface area (Å²) in [6.45, 7) is 1.44. The van der Waals surface area contributed by atoms with Crippen molar-refractivity contribution in [3.63, 3.8) is 0 Å². The summed E-state index contributed by atoms with van der Waals surface area (Å²) in [5.74, 6) is 0.364. The zero-order valence-corrected chi connectivity index (χ0v) is 17.0. The summed E-state index contributed by atoms with van der Waals surface area (Å²) < 4.78 is 5.83. The highest BCUT2D eigenvalue weighted by atomic mass is 35.5. The van der Waals surface area contributed by atoms with E-state index in [4.69, 9.17) is 21.7 Å². The lowest BCUT2D eigenvalue weighted by Crippen LogP contribution is -2.06. The normalized spacial score (nSPS) is 10.9. The average molecular weight is 427 g/mol. The number of carbonyl (C=O) groups excluding carboxylic acids is 1. The summed E-state index contributed by atoms with van der Waals surface area (Å²) in [5.41, 5.74) is 2.64. The van der Waals surface area contributed by atoms with Crippen LogP contribution >= 0.6 is 22.9 Å². The van der Waals surface area contributed by atoms with Gasteiger partial charge in [0.05, 0.1) is 38.9 Å². The molecule has 146 valence electrons. The lowest BCUT2D eigenvalue weighted by Gasteiger charge is -2.12. The van der Waals surface area contributed by atoms with Gasteiger partial charge in [0.15, 0.2) is 5.01 Å². The number of amides is 1. The van der Waals surface area contributed by atoms with Crippen molar-refractivity contribution in [3.8, 4) is 0 Å². The van der Waals surface area contributed by atoms with Crippen LogP contribution in [0.2, 0.25) is 5.02 Å². The number of fused-ring (bicyclic) bond motifs is 3. The molecule has 10 heteroatoms. The fourth-order valence-corrected chi connectivity index (χ4v) is 4.04. The summed E-state index contributed by atoms with van der Waals surface area (Å²) in [7, 11) is 1.44. The van der Waals surface area contributed by atoms with Crippen LogP contribution in [0.15, 0.2) is 36.7 Å². The monoisotopic (exact) mass is 426 g/mol. The van der Waals surface area contributed by atoms with E-state index in [2.05, 4.69) is 25.6 Å². The highest BCUT2D eigenvalue weighted by molar-refractivity contribution is 7.21. The summed E-state index contributed by atoms with van der Waals surface area (Å²) >= 11 is 7.67. The van der Waals surface area contributed by atoms with E-state index in [1.807, 2.05) is 12.1 Å². The Morgan fingerprint density at radius 2 is 2.00 bits per heavy atom. The minimum absolute atomic E-state index is 0.00300. The highest BCUT2D eigenvalue weighted by Crippen LogP contribution is 2.36. The number of benzene rings is 2. The number of nitrogens with one attached hydrogen (secondary N) is 3. The third-order valence-corrected chi connectivity index (χ3v) is 5.51. The second-order valence-corrected chi connectivity index (χ2v) is 7.49. The zero-order valence-electron chi connectivity index (χ0n) is 15.4. The predicted molar refractivity (Wildman–Crippen MR) is 116 cm³/mol. The number of anilines is 3. The van der Waals surface area contributed by atoms with Crippen LogP contribution in [0.3, 0.4) is 0 Å². The first kappa shape index (κ1) is 19.0. The van der Waals surface area contributed by atoms with Crippen molar-refractivity contribution in [2.75, 3.05) is 17.7 Å². The van der Waals surface area contributed by atoms with E-state index in [9.17, 15) is 4.79 Å². The van der Waals surface area contributed by atoms with Gasteiger partial charge in [0.25, 0.3) is 0 Å². The maximum Gasteiger partial charge on any atom is 0.242 e. The van der Waals surface area contributed by atoms with Crippen molar-refractivity contribution in [3.05, 3.63) is 46.7 Å². The number of rotatable bonds is 4. The summed E-state index contributed by atoms with van der Waals surface area (Å²) in [6.07, 6.45) is 1.46. The quantitative estimate of drug-likeness (QED) is 0.325. The summed E-state index contributed by atoms with van der Waals surface area (Å²) in [6, 6.07) is 8.84. The molecule has 0 aliphatic carbocycles. The molecule has 0 saturated heterocycles. The molecule has 0 bridgehead atoms. The molecule has 2 heterocycles. The SMILES string of the molecule is COC(=N)c1nc2ccc3ncnc(Nc4cc(NC(C)=O)ccc4Cl)c3c2s1.